The van der Waals surface area contributed by atoms with E-state index in [1.165, 1.54) is 29.5 Å². The molecule has 0 saturated heterocycles. The highest BCUT2D eigenvalue weighted by molar-refractivity contribution is 6.20. The van der Waals surface area contributed by atoms with E-state index < -0.39 is 0 Å². The Hall–Kier alpha value is -3.08. The Bertz CT molecular complexity index is 1270. The van der Waals surface area contributed by atoms with Gasteiger partial charge in [-0.15, -0.1) is 5.10 Å². The fraction of sp³-hybridized carbons (Fsp3) is 0.407. The van der Waals surface area contributed by atoms with E-state index in [1.54, 1.807) is 0 Å². The first-order valence-electron chi connectivity index (χ1n) is 11.7. The number of hydrogen-bond acceptors (Lipinski definition) is 4. The molecule has 0 unspecified atom stereocenters. The Labute approximate surface area is 189 Å². The summed E-state index contributed by atoms with van der Waals surface area (Å²) in [5, 5.41) is 17.7. The van der Waals surface area contributed by atoms with Gasteiger partial charge in [0, 0.05) is 18.0 Å². The van der Waals surface area contributed by atoms with Crippen molar-refractivity contribution in [2.45, 2.75) is 65.8 Å². The third-order valence-corrected chi connectivity index (χ3v) is 7.40. The second-order valence-electron chi connectivity index (χ2n) is 9.64. The van der Waals surface area contributed by atoms with Gasteiger partial charge in [-0.3, -0.25) is 0 Å². The Morgan fingerprint density at radius 3 is 2.34 bits per heavy atom. The molecule has 1 aromatic heterocycles. The fourth-order valence-corrected chi connectivity index (χ4v) is 5.18. The maximum absolute atomic E-state index is 4.55. The van der Waals surface area contributed by atoms with Gasteiger partial charge in [0.1, 0.15) is 5.52 Å². The van der Waals surface area contributed by atoms with E-state index in [0.29, 0.717) is 5.41 Å². The lowest BCUT2D eigenvalue weighted by molar-refractivity contribution is 0.261. The zero-order valence-corrected chi connectivity index (χ0v) is 19.5. The molecule has 2 aliphatic rings. The Kier molecular flexibility index (Phi) is 5.07. The lowest BCUT2D eigenvalue weighted by Crippen LogP contribution is -2.27. The number of fused-ring (bicyclic) bond motifs is 2. The molecule has 0 atom stereocenters. The van der Waals surface area contributed by atoms with Crippen molar-refractivity contribution in [1.82, 2.24) is 15.0 Å². The summed E-state index contributed by atoms with van der Waals surface area (Å²) in [6.45, 7) is 13.3. The van der Waals surface area contributed by atoms with E-state index in [2.05, 4.69) is 91.2 Å². The molecule has 2 heterocycles. The van der Waals surface area contributed by atoms with Crippen molar-refractivity contribution in [3.8, 4) is 0 Å². The first kappa shape index (κ1) is 20.8. The van der Waals surface area contributed by atoms with E-state index in [1.807, 2.05) is 4.68 Å². The van der Waals surface area contributed by atoms with E-state index in [-0.39, 0.29) is 6.04 Å². The monoisotopic (exact) mass is 425 g/mol. The van der Waals surface area contributed by atoms with Gasteiger partial charge in [0.2, 0.25) is 0 Å². The lowest BCUT2D eigenvalue weighted by atomic mass is 9.66. The molecule has 5 heteroatoms. The molecule has 2 aromatic carbocycles. The van der Waals surface area contributed by atoms with Crippen LogP contribution in [0.5, 0.6) is 0 Å². The van der Waals surface area contributed by atoms with Gasteiger partial charge in [0.25, 0.3) is 0 Å². The SMILES string of the molecule is C=C1CC(CC)(CC)Cc2ccc(C3=NN=C(c4ccc5c(c4)nnn5C(C)C)C3)cc21. The summed E-state index contributed by atoms with van der Waals surface area (Å²) in [7, 11) is 0. The highest BCUT2D eigenvalue weighted by atomic mass is 15.4. The van der Waals surface area contributed by atoms with Crippen LogP contribution in [0.2, 0.25) is 0 Å². The molecule has 32 heavy (non-hydrogen) atoms. The summed E-state index contributed by atoms with van der Waals surface area (Å²) in [5.74, 6) is 0. The molecule has 0 saturated carbocycles. The summed E-state index contributed by atoms with van der Waals surface area (Å²) >= 11 is 0. The summed E-state index contributed by atoms with van der Waals surface area (Å²) in [4.78, 5) is 0. The van der Waals surface area contributed by atoms with Crippen LogP contribution < -0.4 is 0 Å². The number of benzene rings is 2. The predicted octanol–water partition coefficient (Wildman–Crippen LogP) is 6.38. The van der Waals surface area contributed by atoms with Crippen LogP contribution in [0.3, 0.4) is 0 Å². The Morgan fingerprint density at radius 1 is 0.969 bits per heavy atom. The van der Waals surface area contributed by atoms with E-state index >= 15 is 0 Å². The molecule has 1 aliphatic carbocycles. The van der Waals surface area contributed by atoms with Gasteiger partial charge in [0.15, 0.2) is 0 Å². The molecule has 3 aromatic rings. The van der Waals surface area contributed by atoms with Crippen molar-refractivity contribution in [2.24, 2.45) is 15.6 Å². The third-order valence-electron chi connectivity index (χ3n) is 7.40. The fourth-order valence-electron chi connectivity index (χ4n) is 5.18. The number of nitrogens with zero attached hydrogens (tertiary/aromatic N) is 5. The van der Waals surface area contributed by atoms with E-state index in [0.717, 1.165) is 52.8 Å². The van der Waals surface area contributed by atoms with E-state index in [9.17, 15) is 0 Å². The Morgan fingerprint density at radius 2 is 1.66 bits per heavy atom. The van der Waals surface area contributed by atoms with Crippen LogP contribution in [0.1, 0.15) is 81.7 Å². The largest absolute Gasteiger partial charge is 0.242 e. The zero-order valence-electron chi connectivity index (χ0n) is 19.5. The average Bonchev–Trinajstić information content (AvgIpc) is 3.46. The van der Waals surface area contributed by atoms with Gasteiger partial charge in [-0.2, -0.15) is 10.2 Å². The van der Waals surface area contributed by atoms with Crippen LogP contribution >= 0.6 is 0 Å². The second-order valence-corrected chi connectivity index (χ2v) is 9.64. The van der Waals surface area contributed by atoms with Crippen molar-refractivity contribution in [3.63, 3.8) is 0 Å². The second kappa shape index (κ2) is 7.80. The quantitative estimate of drug-likeness (QED) is 0.476. The smallest absolute Gasteiger partial charge is 0.113 e. The van der Waals surface area contributed by atoms with Gasteiger partial charge in [-0.1, -0.05) is 43.8 Å². The number of rotatable bonds is 5. The molecular formula is C27H31N5. The van der Waals surface area contributed by atoms with Crippen molar-refractivity contribution < 1.29 is 0 Å². The number of aromatic nitrogens is 3. The van der Waals surface area contributed by atoms with Crippen molar-refractivity contribution in [1.29, 1.82) is 0 Å². The van der Waals surface area contributed by atoms with Crippen LogP contribution in [-0.2, 0) is 6.42 Å². The molecule has 1 aliphatic heterocycles. The minimum Gasteiger partial charge on any atom is -0.242 e. The van der Waals surface area contributed by atoms with Crippen LogP contribution in [0.25, 0.3) is 16.6 Å². The van der Waals surface area contributed by atoms with Crippen LogP contribution in [-0.4, -0.2) is 26.4 Å². The minimum absolute atomic E-state index is 0.281. The van der Waals surface area contributed by atoms with Gasteiger partial charge >= 0.3 is 0 Å². The summed E-state index contributed by atoms with van der Waals surface area (Å²) in [6.07, 6.45) is 5.34. The lowest BCUT2D eigenvalue weighted by Gasteiger charge is -2.38. The first-order chi connectivity index (χ1) is 15.4. The Balaban J connectivity index is 1.37. The molecule has 0 spiro atoms. The maximum Gasteiger partial charge on any atom is 0.113 e. The zero-order chi connectivity index (χ0) is 22.5. The maximum atomic E-state index is 4.55. The molecule has 0 N–H and O–H groups in total. The molecule has 0 fully saturated rings. The van der Waals surface area contributed by atoms with Crippen molar-refractivity contribution >= 4 is 28.0 Å². The topological polar surface area (TPSA) is 55.4 Å². The predicted molar refractivity (Wildman–Crippen MR) is 132 cm³/mol. The van der Waals surface area contributed by atoms with Crippen LogP contribution in [0.15, 0.2) is 53.2 Å². The standard InChI is InChI=1S/C27H31N5/c1-6-27(7-2)15-18(5)22-12-19(8-9-21(22)16-27)23-14-24(29-28-23)20-10-11-26-25(13-20)30-31-32(26)17(3)4/h8-13,17H,5-7,14-16H2,1-4H3. The van der Waals surface area contributed by atoms with Crippen LogP contribution in [0, 0.1) is 5.41 Å². The van der Waals surface area contributed by atoms with Crippen molar-refractivity contribution in [3.05, 3.63) is 65.2 Å². The van der Waals surface area contributed by atoms with Gasteiger partial charge in [-0.05, 0) is 85.4 Å². The molecule has 5 rings (SSSR count). The molecule has 0 bridgehead atoms. The van der Waals surface area contributed by atoms with Gasteiger partial charge in [0.05, 0.1) is 16.9 Å². The molecule has 0 amide bonds. The first-order valence-corrected chi connectivity index (χ1v) is 11.7. The average molecular weight is 426 g/mol. The third kappa shape index (κ3) is 3.40. The molecular weight excluding hydrogens is 394 g/mol. The molecule has 5 nitrogen and oxygen atoms in total. The van der Waals surface area contributed by atoms with Gasteiger partial charge in [-0.25, -0.2) is 4.68 Å². The number of hydrogen-bond donors (Lipinski definition) is 0. The molecule has 0 radical (unpaired) electrons. The van der Waals surface area contributed by atoms with E-state index in [4.69, 9.17) is 0 Å². The van der Waals surface area contributed by atoms with Crippen LogP contribution in [0.4, 0.5) is 0 Å². The minimum atomic E-state index is 0.281. The summed E-state index contributed by atoms with van der Waals surface area (Å²) < 4.78 is 1.95. The normalized spacial score (nSPS) is 17.6. The van der Waals surface area contributed by atoms with Gasteiger partial charge < -0.3 is 0 Å². The highest BCUT2D eigenvalue weighted by Gasteiger charge is 2.33. The summed E-state index contributed by atoms with van der Waals surface area (Å²) in [5.41, 5.74) is 10.5. The molecule has 164 valence electrons. The summed E-state index contributed by atoms with van der Waals surface area (Å²) in [6, 6.07) is 13.3. The number of allylic oxidation sites excluding steroid dienone is 1. The highest BCUT2D eigenvalue weighted by Crippen LogP contribution is 2.45. The van der Waals surface area contributed by atoms with Crippen molar-refractivity contribution in [2.75, 3.05) is 0 Å².